The van der Waals surface area contributed by atoms with Crippen LogP contribution < -0.4 is 10.2 Å². The van der Waals surface area contributed by atoms with E-state index in [-0.39, 0.29) is 18.1 Å². The quantitative estimate of drug-likeness (QED) is 0.573. The number of carbonyl (C=O) groups is 2. The number of nitro benzene ring substituents is 1. The second kappa shape index (κ2) is 9.11. The fourth-order valence-corrected chi connectivity index (χ4v) is 3.50. The second-order valence-corrected chi connectivity index (χ2v) is 7.26. The lowest BCUT2D eigenvalue weighted by atomic mass is 10.2. The number of nitrogens with one attached hydrogen (secondary N) is 1. The Labute approximate surface area is 177 Å². The van der Waals surface area contributed by atoms with E-state index < -0.39 is 10.8 Å². The molecular formula is C19H18Cl2N4O4. The van der Waals surface area contributed by atoms with Crippen molar-refractivity contribution in [2.24, 2.45) is 0 Å². The summed E-state index contributed by atoms with van der Waals surface area (Å²) in [6, 6.07) is 11.1. The van der Waals surface area contributed by atoms with E-state index in [0.29, 0.717) is 47.5 Å². The topological polar surface area (TPSA) is 95.8 Å². The van der Waals surface area contributed by atoms with Crippen molar-refractivity contribution in [2.75, 3.05) is 37.6 Å². The number of rotatable bonds is 5. The summed E-state index contributed by atoms with van der Waals surface area (Å²) in [6.45, 7) is 1.51. The van der Waals surface area contributed by atoms with Gasteiger partial charge in [0.15, 0.2) is 0 Å². The molecule has 0 atom stereocenters. The van der Waals surface area contributed by atoms with Crippen LogP contribution in [0.15, 0.2) is 42.5 Å². The molecule has 0 aromatic heterocycles. The van der Waals surface area contributed by atoms with Gasteiger partial charge in [-0.15, -0.1) is 0 Å². The number of carbonyl (C=O) groups excluding carboxylic acids is 2. The van der Waals surface area contributed by atoms with Crippen molar-refractivity contribution in [2.45, 2.75) is 0 Å². The Balaban J connectivity index is 1.56. The number of anilines is 1. The third-order valence-electron chi connectivity index (χ3n) is 4.63. The van der Waals surface area contributed by atoms with Crippen LogP contribution in [-0.4, -0.2) is 54.4 Å². The fraction of sp³-hybridized carbons (Fsp3) is 0.263. The van der Waals surface area contributed by atoms with Crippen LogP contribution in [0, 0.1) is 10.1 Å². The summed E-state index contributed by atoms with van der Waals surface area (Å²) in [6.07, 6.45) is 0. The smallest absolute Gasteiger partial charge is 0.294 e. The normalized spacial score (nSPS) is 13.9. The van der Waals surface area contributed by atoms with E-state index in [9.17, 15) is 19.7 Å². The van der Waals surface area contributed by atoms with Gasteiger partial charge in [0.1, 0.15) is 5.69 Å². The van der Waals surface area contributed by atoms with Gasteiger partial charge in [-0.2, -0.15) is 0 Å². The standard InChI is InChI=1S/C19H18Cl2N4O4/c20-13-5-6-16(17(11-13)25(28)29)23-7-9-24(10-8-23)18(26)12-22-19(27)14-3-1-2-4-15(14)21/h1-6,11H,7-10,12H2,(H,22,27). The Morgan fingerprint density at radius 1 is 1.07 bits per heavy atom. The van der Waals surface area contributed by atoms with E-state index in [2.05, 4.69) is 5.32 Å². The molecule has 0 radical (unpaired) electrons. The maximum atomic E-state index is 12.4. The van der Waals surface area contributed by atoms with Crippen molar-refractivity contribution in [1.82, 2.24) is 10.2 Å². The van der Waals surface area contributed by atoms with Crippen LogP contribution in [0.25, 0.3) is 0 Å². The number of benzene rings is 2. The van der Waals surface area contributed by atoms with Gasteiger partial charge < -0.3 is 15.1 Å². The summed E-state index contributed by atoms with van der Waals surface area (Å²) < 4.78 is 0. The molecule has 1 fully saturated rings. The summed E-state index contributed by atoms with van der Waals surface area (Å²) in [7, 11) is 0. The molecule has 29 heavy (non-hydrogen) atoms. The molecule has 1 heterocycles. The van der Waals surface area contributed by atoms with Gasteiger partial charge in [-0.25, -0.2) is 0 Å². The van der Waals surface area contributed by atoms with Crippen molar-refractivity contribution in [1.29, 1.82) is 0 Å². The maximum absolute atomic E-state index is 12.4. The zero-order chi connectivity index (χ0) is 21.0. The van der Waals surface area contributed by atoms with Crippen LogP contribution in [0.3, 0.4) is 0 Å². The van der Waals surface area contributed by atoms with Crippen LogP contribution in [-0.2, 0) is 4.79 Å². The van der Waals surface area contributed by atoms with Gasteiger partial charge in [-0.1, -0.05) is 35.3 Å². The SMILES string of the molecule is O=C(NCC(=O)N1CCN(c2ccc(Cl)cc2[N+](=O)[O-])CC1)c1ccccc1Cl. The minimum absolute atomic E-state index is 0.0655. The lowest BCUT2D eigenvalue weighted by molar-refractivity contribution is -0.384. The largest absolute Gasteiger partial charge is 0.362 e. The summed E-state index contributed by atoms with van der Waals surface area (Å²) in [5, 5.41) is 14.5. The average molecular weight is 437 g/mol. The summed E-state index contributed by atoms with van der Waals surface area (Å²) >= 11 is 11.8. The van der Waals surface area contributed by atoms with E-state index in [1.54, 1.807) is 41.3 Å². The maximum Gasteiger partial charge on any atom is 0.294 e. The summed E-state index contributed by atoms with van der Waals surface area (Å²) in [4.78, 5) is 38.9. The first-order valence-electron chi connectivity index (χ1n) is 8.86. The van der Waals surface area contributed by atoms with Gasteiger partial charge in [0.25, 0.3) is 11.6 Å². The molecule has 1 aliphatic rings. The van der Waals surface area contributed by atoms with Crippen LogP contribution in [0.2, 0.25) is 10.0 Å². The van der Waals surface area contributed by atoms with Gasteiger partial charge in [0.05, 0.1) is 22.1 Å². The molecule has 1 saturated heterocycles. The highest BCUT2D eigenvalue weighted by atomic mass is 35.5. The zero-order valence-electron chi connectivity index (χ0n) is 15.3. The van der Waals surface area contributed by atoms with Gasteiger partial charge >= 0.3 is 0 Å². The van der Waals surface area contributed by atoms with E-state index in [4.69, 9.17) is 23.2 Å². The molecule has 2 aromatic carbocycles. The first-order valence-corrected chi connectivity index (χ1v) is 9.62. The molecule has 0 saturated carbocycles. The number of piperazine rings is 1. The highest BCUT2D eigenvalue weighted by molar-refractivity contribution is 6.33. The monoisotopic (exact) mass is 436 g/mol. The molecule has 152 valence electrons. The minimum atomic E-state index is -0.469. The molecule has 3 rings (SSSR count). The number of nitrogens with zero attached hydrogens (tertiary/aromatic N) is 3. The number of amides is 2. The van der Waals surface area contributed by atoms with Crippen LogP contribution >= 0.6 is 23.2 Å². The molecule has 8 nitrogen and oxygen atoms in total. The Kier molecular flexibility index (Phi) is 6.56. The molecule has 0 unspecified atom stereocenters. The summed E-state index contributed by atoms with van der Waals surface area (Å²) in [5.74, 6) is -0.643. The first kappa shape index (κ1) is 20.9. The predicted molar refractivity (Wildman–Crippen MR) is 111 cm³/mol. The van der Waals surface area contributed by atoms with Crippen LogP contribution in [0.5, 0.6) is 0 Å². The number of hydrogen-bond acceptors (Lipinski definition) is 5. The highest BCUT2D eigenvalue weighted by Gasteiger charge is 2.26. The molecule has 10 heteroatoms. The highest BCUT2D eigenvalue weighted by Crippen LogP contribution is 2.31. The third kappa shape index (κ3) is 4.96. The van der Waals surface area contributed by atoms with Crippen molar-refractivity contribution >= 4 is 46.4 Å². The Bertz CT molecular complexity index is 946. The lowest BCUT2D eigenvalue weighted by Crippen LogP contribution is -2.51. The molecule has 2 amide bonds. The minimum Gasteiger partial charge on any atom is -0.362 e. The van der Waals surface area contributed by atoms with Gasteiger partial charge in [-0.05, 0) is 24.3 Å². The molecule has 0 aliphatic carbocycles. The van der Waals surface area contributed by atoms with Gasteiger partial charge in [0, 0.05) is 37.3 Å². The molecule has 0 spiro atoms. The summed E-state index contributed by atoms with van der Waals surface area (Å²) in [5.41, 5.74) is 0.713. The van der Waals surface area contributed by atoms with E-state index in [1.165, 1.54) is 6.07 Å². The predicted octanol–water partition coefficient (Wildman–Crippen LogP) is 2.98. The van der Waals surface area contributed by atoms with E-state index in [0.717, 1.165) is 0 Å². The molecule has 1 N–H and O–H groups in total. The first-order chi connectivity index (χ1) is 13.9. The molecule has 0 bridgehead atoms. The molecular weight excluding hydrogens is 419 g/mol. The molecule has 2 aromatic rings. The average Bonchev–Trinajstić information content (AvgIpc) is 2.72. The Morgan fingerprint density at radius 2 is 1.76 bits per heavy atom. The van der Waals surface area contributed by atoms with E-state index in [1.807, 2.05) is 4.90 Å². The van der Waals surface area contributed by atoms with Gasteiger partial charge in [-0.3, -0.25) is 19.7 Å². The van der Waals surface area contributed by atoms with Crippen molar-refractivity contribution in [3.05, 3.63) is 68.2 Å². The van der Waals surface area contributed by atoms with Crippen molar-refractivity contribution in [3.63, 3.8) is 0 Å². The number of halogens is 2. The Hall–Kier alpha value is -2.84. The van der Waals surface area contributed by atoms with Gasteiger partial charge in [0.2, 0.25) is 5.91 Å². The Morgan fingerprint density at radius 3 is 2.41 bits per heavy atom. The molecule has 1 aliphatic heterocycles. The zero-order valence-corrected chi connectivity index (χ0v) is 16.8. The second-order valence-electron chi connectivity index (χ2n) is 6.42. The van der Waals surface area contributed by atoms with Crippen molar-refractivity contribution in [3.8, 4) is 0 Å². The van der Waals surface area contributed by atoms with E-state index >= 15 is 0 Å². The third-order valence-corrected chi connectivity index (χ3v) is 5.19. The number of nitro groups is 1. The fourth-order valence-electron chi connectivity index (χ4n) is 3.12. The number of hydrogen-bond donors (Lipinski definition) is 1. The van der Waals surface area contributed by atoms with Crippen LogP contribution in [0.1, 0.15) is 10.4 Å². The van der Waals surface area contributed by atoms with Crippen molar-refractivity contribution < 1.29 is 14.5 Å². The van der Waals surface area contributed by atoms with Crippen LogP contribution in [0.4, 0.5) is 11.4 Å². The lowest BCUT2D eigenvalue weighted by Gasteiger charge is -2.35.